The summed E-state index contributed by atoms with van der Waals surface area (Å²) in [6.07, 6.45) is 3.91. The Hall–Kier alpha value is -4.49. The Bertz CT molecular complexity index is 2540. The number of methoxy groups -OCH3 is 1. The predicted molar refractivity (Wildman–Crippen MR) is 353 cm³/mol. The lowest BCUT2D eigenvalue weighted by Gasteiger charge is -2.53. The minimum Gasteiger partial charge on any atom is -0.463 e. The van der Waals surface area contributed by atoms with Crippen molar-refractivity contribution in [3.05, 3.63) is 71.3 Å². The molecular weight excluding hydrogens is 1180 g/mol. The van der Waals surface area contributed by atoms with Crippen molar-refractivity contribution >= 4 is 80.7 Å². The number of alkyl halides is 1. The van der Waals surface area contributed by atoms with E-state index < -0.39 is 58.7 Å². The van der Waals surface area contributed by atoms with E-state index in [0.717, 1.165) is 11.1 Å². The summed E-state index contributed by atoms with van der Waals surface area (Å²) in [7, 11) is 1.61. The molecule has 85 heavy (non-hydrogen) atoms. The Balaban J connectivity index is 0.00000413. The zero-order valence-corrected chi connectivity index (χ0v) is 58.4. The number of ether oxygens (including phenoxy) is 6. The Morgan fingerprint density at radius 1 is 0.694 bits per heavy atom. The van der Waals surface area contributed by atoms with Crippen molar-refractivity contribution in [2.75, 3.05) is 72.8 Å². The number of benzene rings is 2. The lowest BCUT2D eigenvalue weighted by atomic mass is 9.51. The van der Waals surface area contributed by atoms with Gasteiger partial charge < -0.3 is 50.5 Å². The number of hydrogen-bond donors (Lipinski definition) is 4. The van der Waals surface area contributed by atoms with Crippen molar-refractivity contribution in [1.29, 1.82) is 5.26 Å². The maximum Gasteiger partial charge on any atom is 0.313 e. The van der Waals surface area contributed by atoms with Gasteiger partial charge in [0, 0.05) is 41.4 Å². The molecule has 3 unspecified atom stereocenters. The van der Waals surface area contributed by atoms with Gasteiger partial charge in [0.25, 0.3) is 0 Å². The first-order valence-electron chi connectivity index (χ1n) is 29.2. The van der Waals surface area contributed by atoms with Crippen LogP contribution in [0.3, 0.4) is 0 Å². The maximum absolute atomic E-state index is 14.9. The van der Waals surface area contributed by atoms with E-state index in [2.05, 4.69) is 70.5 Å². The van der Waals surface area contributed by atoms with Crippen molar-refractivity contribution in [3.8, 4) is 6.07 Å². The third-order valence-corrected chi connectivity index (χ3v) is 18.7. The smallest absolute Gasteiger partial charge is 0.313 e. The zero-order chi connectivity index (χ0) is 65.4. The van der Waals surface area contributed by atoms with Crippen LogP contribution in [0.4, 0.5) is 0 Å². The largest absolute Gasteiger partial charge is 0.463 e. The molecule has 0 aliphatic carbocycles. The van der Waals surface area contributed by atoms with Crippen LogP contribution in [0.2, 0.25) is 0 Å². The summed E-state index contributed by atoms with van der Waals surface area (Å²) < 4.78 is 33.3. The van der Waals surface area contributed by atoms with Crippen molar-refractivity contribution in [2.45, 2.75) is 183 Å². The molecule has 0 aromatic heterocycles. The molecule has 0 radical (unpaired) electrons. The van der Waals surface area contributed by atoms with E-state index in [0.29, 0.717) is 63.7 Å². The lowest BCUT2D eigenvalue weighted by molar-refractivity contribution is -0.172. The van der Waals surface area contributed by atoms with E-state index in [9.17, 15) is 24.4 Å². The standard InChI is InChI=1S/C58H100BrN7O10S.C7H6S/c1-41(61)65-66-45(62)42-21-23-43(24-22-42)54(12,13)76-29-27-52(8,9)64-44(67)25-26-56(16,40-60)50(4,5)39-57(17,47(69)75-36-35-73-34-33-72-32-31-71-19)51(6,7)37-49(2,3)38-58(18,55(14,15)77-20)48(70)74-30-28-63-46(68)53(10,11)59;8-6-7-4-2-1-3-5-7/h21-24H,25-39H2,1-20H3,(H2,61,65)(H2,62,66)(H,63,68)(H,64,67);1-6H. The Kier molecular flexibility index (Phi) is 31.7. The van der Waals surface area contributed by atoms with E-state index in [1.165, 1.54) is 0 Å². The number of amides is 2. The number of nitrogens with one attached hydrogen (secondary N) is 2. The topological polar surface area (TPSA) is 248 Å². The average Bonchev–Trinajstić information content (AvgIpc) is 2.26. The number of rotatable bonds is 37. The monoisotopic (exact) mass is 1290 g/mol. The molecule has 0 aliphatic rings. The normalized spacial score (nSPS) is 15.2. The Morgan fingerprint density at radius 3 is 1.74 bits per heavy atom. The molecule has 20 heteroatoms. The molecule has 0 saturated heterocycles. The minimum absolute atomic E-state index is 0.00418. The van der Waals surface area contributed by atoms with E-state index in [4.69, 9.17) is 52.1 Å². The molecule has 17 nitrogen and oxygen atoms in total. The quantitative estimate of drug-likeness (QED) is 0.00934. The van der Waals surface area contributed by atoms with Crippen LogP contribution in [-0.4, -0.2) is 128 Å². The van der Waals surface area contributed by atoms with Gasteiger partial charge in [0.1, 0.15) is 19.0 Å². The van der Waals surface area contributed by atoms with E-state index >= 15 is 0 Å². The molecule has 2 rings (SSSR count). The predicted octanol–water partition coefficient (Wildman–Crippen LogP) is 12.0. The SMILES string of the molecule is COCCOCCOCCOC(=O)C(C)(CC(C)(C)C(C)(C#N)CCC(=O)NC(C)(C)CCOC(C)(C)c1ccc(/C(N)=N/N=C(/C)N)cc1)C(C)(C)CC(C)(C)CC(C)(C(=O)OCCNC(=O)C(C)(C)Br)C(C)(C)SC.S=Cc1ccccc1. The number of hydrogen-bond acceptors (Lipinski definition) is 15. The van der Waals surface area contributed by atoms with Crippen LogP contribution in [0.1, 0.15) is 180 Å². The highest BCUT2D eigenvalue weighted by molar-refractivity contribution is 9.10. The van der Waals surface area contributed by atoms with Gasteiger partial charge in [-0.25, -0.2) is 0 Å². The molecule has 0 aliphatic heterocycles. The van der Waals surface area contributed by atoms with Gasteiger partial charge in [0.15, 0.2) is 5.84 Å². The number of nitrogens with zero attached hydrogens (tertiary/aromatic N) is 3. The van der Waals surface area contributed by atoms with Gasteiger partial charge in [0.05, 0.1) is 71.8 Å². The maximum atomic E-state index is 14.9. The van der Waals surface area contributed by atoms with Crippen LogP contribution in [-0.2, 0) is 53.2 Å². The summed E-state index contributed by atoms with van der Waals surface area (Å²) in [5.74, 6) is -0.681. The van der Waals surface area contributed by atoms with Crippen LogP contribution in [0.15, 0.2) is 64.8 Å². The molecule has 6 N–H and O–H groups in total. The average molecular weight is 1290 g/mol. The molecule has 0 saturated carbocycles. The molecule has 0 spiro atoms. The highest BCUT2D eigenvalue weighted by Gasteiger charge is 2.58. The minimum atomic E-state index is -1.19. The number of thioether (sulfide) groups is 1. The first-order valence-corrected chi connectivity index (χ1v) is 31.7. The van der Waals surface area contributed by atoms with Crippen LogP contribution >= 0.6 is 39.9 Å². The molecular formula is C65H106BrN7O10S2. The van der Waals surface area contributed by atoms with Crippen LogP contribution in [0.25, 0.3) is 0 Å². The van der Waals surface area contributed by atoms with Gasteiger partial charge in [-0.3, -0.25) is 19.2 Å². The van der Waals surface area contributed by atoms with Gasteiger partial charge in [-0.2, -0.15) is 17.0 Å². The molecule has 0 bridgehead atoms. The van der Waals surface area contributed by atoms with Gasteiger partial charge >= 0.3 is 11.9 Å². The summed E-state index contributed by atoms with van der Waals surface area (Å²) in [6.45, 7) is 37.3. The number of halogens is 1. The van der Waals surface area contributed by atoms with Crippen molar-refractivity contribution < 1.29 is 47.6 Å². The molecule has 2 aromatic carbocycles. The van der Waals surface area contributed by atoms with Gasteiger partial charge in [-0.15, -0.1) is 10.2 Å². The second kappa shape index (κ2) is 34.3. The first kappa shape index (κ1) is 78.5. The number of carbonyl (C=O) groups excluding carboxylic acids is 4. The second-order valence-corrected chi connectivity index (χ2v) is 30.5. The molecule has 480 valence electrons. The molecule has 0 fully saturated rings. The Morgan fingerprint density at radius 2 is 1.24 bits per heavy atom. The summed E-state index contributed by atoms with van der Waals surface area (Å²) in [6, 6.07) is 20.0. The number of nitriles is 1. The molecule has 3 atom stereocenters. The number of amidine groups is 2. The van der Waals surface area contributed by atoms with Crippen molar-refractivity contribution in [1.82, 2.24) is 10.6 Å². The van der Waals surface area contributed by atoms with Gasteiger partial charge in [0.2, 0.25) is 11.8 Å². The van der Waals surface area contributed by atoms with Gasteiger partial charge in [-0.05, 0) is 149 Å². The number of thiocarbonyl (C=S) groups is 1. The third kappa shape index (κ3) is 25.6. The highest BCUT2D eigenvalue weighted by Crippen LogP contribution is 2.59. The fourth-order valence-electron chi connectivity index (χ4n) is 10.1. The van der Waals surface area contributed by atoms with E-state index in [1.807, 2.05) is 137 Å². The third-order valence-electron chi connectivity index (χ3n) is 16.6. The van der Waals surface area contributed by atoms with Gasteiger partial charge in [-0.1, -0.05) is 124 Å². The van der Waals surface area contributed by atoms with E-state index in [1.54, 1.807) is 45.0 Å². The molecule has 2 amide bonds. The van der Waals surface area contributed by atoms with Crippen LogP contribution in [0, 0.1) is 43.8 Å². The number of esters is 2. The summed E-state index contributed by atoms with van der Waals surface area (Å²) in [5.41, 5.74) is 7.66. The summed E-state index contributed by atoms with van der Waals surface area (Å²) in [4.78, 5) is 55.5. The lowest BCUT2D eigenvalue weighted by Crippen LogP contribution is -2.52. The van der Waals surface area contributed by atoms with Crippen LogP contribution in [0.5, 0.6) is 0 Å². The fourth-order valence-corrected chi connectivity index (χ4v) is 11.1. The molecule has 0 heterocycles. The highest BCUT2D eigenvalue weighted by atomic mass is 79.9. The number of carbonyl (C=O) groups is 4. The van der Waals surface area contributed by atoms with Crippen molar-refractivity contribution in [3.63, 3.8) is 0 Å². The Labute approximate surface area is 528 Å². The molecule has 2 aromatic rings. The second-order valence-electron chi connectivity index (χ2n) is 26.9. The fraction of sp³-hybridized carbons (Fsp3) is 0.692. The van der Waals surface area contributed by atoms with Crippen molar-refractivity contribution in [2.24, 2.45) is 54.2 Å². The number of nitrogens with two attached hydrogens (primary N) is 2. The summed E-state index contributed by atoms with van der Waals surface area (Å²) in [5, 5.41) is 26.5. The summed E-state index contributed by atoms with van der Waals surface area (Å²) >= 11 is 9.64. The van der Waals surface area contributed by atoms with E-state index in [-0.39, 0.29) is 69.2 Å². The zero-order valence-electron chi connectivity index (χ0n) is 55.2. The first-order chi connectivity index (χ1) is 39.1. The van der Waals surface area contributed by atoms with Crippen LogP contribution < -0.4 is 22.1 Å².